The molecule has 0 saturated heterocycles. The van der Waals surface area contributed by atoms with Gasteiger partial charge < -0.3 is 4.74 Å². The van der Waals surface area contributed by atoms with E-state index in [9.17, 15) is 4.79 Å². The van der Waals surface area contributed by atoms with Crippen LogP contribution in [-0.2, 0) is 9.53 Å². The van der Waals surface area contributed by atoms with E-state index in [2.05, 4.69) is 6.08 Å². The Morgan fingerprint density at radius 2 is 2.36 bits per heavy atom. The number of carbonyl (C=O) groups is 1. The van der Waals surface area contributed by atoms with Crippen LogP contribution in [0, 0.1) is 5.92 Å². The first kappa shape index (κ1) is 8.31. The lowest BCUT2D eigenvalue weighted by Gasteiger charge is -2.13. The zero-order chi connectivity index (χ0) is 8.27. The summed E-state index contributed by atoms with van der Waals surface area (Å²) >= 11 is 0. The minimum atomic E-state index is -0.0579. The number of esters is 1. The fourth-order valence-electron chi connectivity index (χ4n) is 1.08. The molecule has 0 N–H and O–H groups in total. The Labute approximate surface area is 67.2 Å². The van der Waals surface area contributed by atoms with E-state index in [4.69, 9.17) is 4.74 Å². The zero-order valence-electron chi connectivity index (χ0n) is 7.09. The Kier molecular flexibility index (Phi) is 2.69. The van der Waals surface area contributed by atoms with Crippen molar-refractivity contribution in [1.29, 1.82) is 0 Å². The molecule has 0 saturated carbocycles. The summed E-state index contributed by atoms with van der Waals surface area (Å²) in [6.45, 7) is 4.38. The minimum Gasteiger partial charge on any atom is -0.461 e. The van der Waals surface area contributed by atoms with Crippen LogP contribution in [0.4, 0.5) is 0 Å². The molecular formula is C9H14O2. The number of hydrogen-bond donors (Lipinski definition) is 0. The van der Waals surface area contributed by atoms with Crippen molar-refractivity contribution in [3.63, 3.8) is 0 Å². The van der Waals surface area contributed by atoms with E-state index >= 15 is 0 Å². The number of cyclic esters (lactones) is 1. The van der Waals surface area contributed by atoms with Crippen LogP contribution in [-0.4, -0.2) is 12.6 Å². The summed E-state index contributed by atoms with van der Waals surface area (Å²) in [5, 5.41) is 0. The van der Waals surface area contributed by atoms with E-state index in [0.29, 0.717) is 6.61 Å². The molecule has 1 aliphatic heterocycles. The number of ether oxygens (including phenoxy) is 1. The van der Waals surface area contributed by atoms with Crippen LogP contribution in [0.5, 0.6) is 0 Å². The van der Waals surface area contributed by atoms with Crippen LogP contribution < -0.4 is 0 Å². The maximum atomic E-state index is 11.1. The van der Waals surface area contributed by atoms with E-state index in [-0.39, 0.29) is 11.9 Å². The largest absolute Gasteiger partial charge is 0.461 e. The van der Waals surface area contributed by atoms with Gasteiger partial charge in [0.15, 0.2) is 0 Å². The number of rotatable bonds is 0. The molecular weight excluding hydrogens is 140 g/mol. The molecule has 0 aliphatic carbocycles. The summed E-state index contributed by atoms with van der Waals surface area (Å²) in [6.07, 6.45) is 4.06. The molecule has 11 heavy (non-hydrogen) atoms. The second-order valence-corrected chi connectivity index (χ2v) is 3.14. The van der Waals surface area contributed by atoms with Gasteiger partial charge in [0, 0.05) is 0 Å². The van der Waals surface area contributed by atoms with E-state index in [1.54, 1.807) is 0 Å². The van der Waals surface area contributed by atoms with Crippen LogP contribution in [0.2, 0.25) is 0 Å². The van der Waals surface area contributed by atoms with Crippen LogP contribution in [0.15, 0.2) is 11.6 Å². The third-order valence-corrected chi connectivity index (χ3v) is 1.94. The number of allylic oxidation sites excluding steroid dienone is 1. The average Bonchev–Trinajstić information content (AvgIpc) is 1.98. The first-order valence-electron chi connectivity index (χ1n) is 4.02. The van der Waals surface area contributed by atoms with E-state index in [0.717, 1.165) is 18.4 Å². The quantitative estimate of drug-likeness (QED) is 0.393. The smallest absolute Gasteiger partial charge is 0.308 e. The summed E-state index contributed by atoms with van der Waals surface area (Å²) in [6, 6.07) is 0. The third kappa shape index (κ3) is 2.37. The molecule has 2 heteroatoms. The number of hydrogen-bond acceptors (Lipinski definition) is 2. The summed E-state index contributed by atoms with van der Waals surface area (Å²) in [4.78, 5) is 11.1. The molecule has 0 amide bonds. The summed E-state index contributed by atoms with van der Waals surface area (Å²) in [7, 11) is 0. The van der Waals surface area contributed by atoms with Crippen LogP contribution >= 0.6 is 0 Å². The molecule has 1 heterocycles. The van der Waals surface area contributed by atoms with Gasteiger partial charge in [0.2, 0.25) is 0 Å². The van der Waals surface area contributed by atoms with Crippen molar-refractivity contribution in [3.05, 3.63) is 11.6 Å². The van der Waals surface area contributed by atoms with Gasteiger partial charge in [0.25, 0.3) is 0 Å². The maximum Gasteiger partial charge on any atom is 0.308 e. The first-order valence-corrected chi connectivity index (χ1v) is 4.02. The monoisotopic (exact) mass is 154 g/mol. The van der Waals surface area contributed by atoms with Gasteiger partial charge in [-0.3, -0.25) is 4.79 Å². The SMILES string of the molecule is C/C1=C/CCC(C)C(=O)OC1. The topological polar surface area (TPSA) is 26.3 Å². The van der Waals surface area contributed by atoms with Crippen molar-refractivity contribution in [3.8, 4) is 0 Å². The lowest BCUT2D eigenvalue weighted by molar-refractivity contribution is -0.147. The standard InChI is InChI=1S/C9H14O2/c1-7-4-3-5-8(2)9(10)11-6-7/h4,8H,3,5-6H2,1-2H3/b7-4-. The highest BCUT2D eigenvalue weighted by Gasteiger charge is 2.15. The molecule has 62 valence electrons. The van der Waals surface area contributed by atoms with Gasteiger partial charge in [-0.2, -0.15) is 0 Å². The van der Waals surface area contributed by atoms with Gasteiger partial charge in [-0.05, 0) is 25.3 Å². The molecule has 1 rings (SSSR count). The minimum absolute atomic E-state index is 0.0579. The normalized spacial score (nSPS) is 31.3. The average molecular weight is 154 g/mol. The Bertz CT molecular complexity index is 182. The summed E-state index contributed by atoms with van der Waals surface area (Å²) in [5.41, 5.74) is 1.16. The van der Waals surface area contributed by atoms with E-state index < -0.39 is 0 Å². The van der Waals surface area contributed by atoms with Crippen molar-refractivity contribution in [2.75, 3.05) is 6.61 Å². The van der Waals surface area contributed by atoms with Crippen LogP contribution in [0.1, 0.15) is 26.7 Å². The molecule has 1 aliphatic rings. The highest BCUT2D eigenvalue weighted by molar-refractivity contribution is 5.72. The predicted molar refractivity (Wildman–Crippen MR) is 43.1 cm³/mol. The van der Waals surface area contributed by atoms with E-state index in [1.807, 2.05) is 13.8 Å². The van der Waals surface area contributed by atoms with Crippen molar-refractivity contribution in [2.24, 2.45) is 5.92 Å². The van der Waals surface area contributed by atoms with Crippen molar-refractivity contribution in [1.82, 2.24) is 0 Å². The molecule has 0 fully saturated rings. The Morgan fingerprint density at radius 1 is 1.64 bits per heavy atom. The summed E-state index contributed by atoms with van der Waals surface area (Å²) < 4.78 is 5.00. The molecule has 0 aromatic carbocycles. The van der Waals surface area contributed by atoms with E-state index in [1.165, 1.54) is 0 Å². The second kappa shape index (κ2) is 3.56. The maximum absolute atomic E-state index is 11.1. The van der Waals surface area contributed by atoms with Crippen molar-refractivity contribution >= 4 is 5.97 Å². The zero-order valence-corrected chi connectivity index (χ0v) is 7.09. The van der Waals surface area contributed by atoms with Gasteiger partial charge >= 0.3 is 5.97 Å². The molecule has 1 unspecified atom stereocenters. The second-order valence-electron chi connectivity index (χ2n) is 3.14. The van der Waals surface area contributed by atoms with Crippen LogP contribution in [0.3, 0.4) is 0 Å². The molecule has 0 spiro atoms. The van der Waals surface area contributed by atoms with Crippen LogP contribution in [0.25, 0.3) is 0 Å². The fraction of sp³-hybridized carbons (Fsp3) is 0.667. The first-order chi connectivity index (χ1) is 5.20. The lowest BCUT2D eigenvalue weighted by Crippen LogP contribution is -2.17. The van der Waals surface area contributed by atoms with Gasteiger partial charge in [0.05, 0.1) is 5.92 Å². The molecule has 0 radical (unpaired) electrons. The third-order valence-electron chi connectivity index (χ3n) is 1.94. The Hall–Kier alpha value is -0.790. The number of carbonyl (C=O) groups excluding carboxylic acids is 1. The van der Waals surface area contributed by atoms with Gasteiger partial charge in [-0.15, -0.1) is 0 Å². The molecule has 2 nitrogen and oxygen atoms in total. The fourth-order valence-corrected chi connectivity index (χ4v) is 1.08. The molecule has 0 aromatic heterocycles. The molecule has 1 atom stereocenters. The Balaban J connectivity index is 2.56. The van der Waals surface area contributed by atoms with Crippen molar-refractivity contribution in [2.45, 2.75) is 26.7 Å². The van der Waals surface area contributed by atoms with Gasteiger partial charge in [-0.1, -0.05) is 13.0 Å². The van der Waals surface area contributed by atoms with Gasteiger partial charge in [-0.25, -0.2) is 0 Å². The van der Waals surface area contributed by atoms with Gasteiger partial charge in [0.1, 0.15) is 6.61 Å². The molecule has 0 bridgehead atoms. The highest BCUT2D eigenvalue weighted by Crippen LogP contribution is 2.13. The molecule has 0 aromatic rings. The van der Waals surface area contributed by atoms with Crippen molar-refractivity contribution < 1.29 is 9.53 Å². The Morgan fingerprint density at radius 3 is 3.09 bits per heavy atom. The highest BCUT2D eigenvalue weighted by atomic mass is 16.5. The predicted octanol–water partition coefficient (Wildman–Crippen LogP) is 1.91. The summed E-state index contributed by atoms with van der Waals surface area (Å²) in [5.74, 6) is 0.0109. The lowest BCUT2D eigenvalue weighted by atomic mass is 10.0.